The maximum absolute atomic E-state index is 11.7. The van der Waals surface area contributed by atoms with E-state index in [1.807, 2.05) is 4.90 Å². The number of rotatable bonds is 3. The lowest BCUT2D eigenvalue weighted by molar-refractivity contribution is -0.116. The molecule has 0 radical (unpaired) electrons. The summed E-state index contributed by atoms with van der Waals surface area (Å²) in [5.41, 5.74) is 0.734. The molecule has 1 aliphatic heterocycles. The maximum atomic E-state index is 11.7. The lowest BCUT2D eigenvalue weighted by Crippen LogP contribution is -2.35. The first-order valence-corrected chi connectivity index (χ1v) is 6.02. The molecule has 6 heteroatoms. The highest BCUT2D eigenvalue weighted by Gasteiger charge is 2.18. The van der Waals surface area contributed by atoms with Crippen molar-refractivity contribution in [2.24, 2.45) is 0 Å². The van der Waals surface area contributed by atoms with Crippen LogP contribution < -0.4 is 10.6 Å². The van der Waals surface area contributed by atoms with Crippen LogP contribution in [0, 0.1) is 0 Å². The van der Waals surface area contributed by atoms with E-state index in [9.17, 15) is 4.79 Å². The Balaban J connectivity index is 1.88. The predicted molar refractivity (Wildman–Crippen MR) is 72.3 cm³/mol. The van der Waals surface area contributed by atoms with Crippen molar-refractivity contribution >= 4 is 40.5 Å². The maximum Gasteiger partial charge on any atom is 0.243 e. The number of nitrogens with one attached hydrogen (secondary N) is 2. The third kappa shape index (κ3) is 3.31. The topological polar surface area (TPSA) is 44.4 Å². The van der Waals surface area contributed by atoms with Crippen LogP contribution in [0.1, 0.15) is 0 Å². The number of carbonyl (C=O) groups is 1. The zero-order valence-electron chi connectivity index (χ0n) is 9.07. The second-order valence-electron chi connectivity index (χ2n) is 3.71. The molecule has 0 bridgehead atoms. The molecule has 2 rings (SSSR count). The number of hydrogen-bond acceptors (Lipinski definition) is 2. The van der Waals surface area contributed by atoms with Gasteiger partial charge in [0.25, 0.3) is 0 Å². The molecule has 1 aromatic carbocycles. The van der Waals surface area contributed by atoms with Crippen LogP contribution in [0.15, 0.2) is 24.3 Å². The first-order valence-electron chi connectivity index (χ1n) is 5.23. The first kappa shape index (κ1) is 12.1. The molecule has 0 aromatic heterocycles. The molecule has 0 saturated carbocycles. The van der Waals surface area contributed by atoms with E-state index in [4.69, 9.17) is 23.8 Å². The summed E-state index contributed by atoms with van der Waals surface area (Å²) < 4.78 is 0. The lowest BCUT2D eigenvalue weighted by atomic mass is 10.3. The molecule has 1 amide bonds. The highest BCUT2D eigenvalue weighted by atomic mass is 35.5. The highest BCUT2D eigenvalue weighted by Crippen LogP contribution is 2.13. The second-order valence-corrected chi connectivity index (χ2v) is 4.53. The fraction of sp³-hybridized carbons (Fsp3) is 0.273. The summed E-state index contributed by atoms with van der Waals surface area (Å²) in [5.74, 6) is -0.0848. The van der Waals surface area contributed by atoms with Crippen LogP contribution >= 0.6 is 23.8 Å². The van der Waals surface area contributed by atoms with Crippen LogP contribution in [0.2, 0.25) is 5.02 Å². The van der Waals surface area contributed by atoms with Crippen LogP contribution in [0.25, 0.3) is 0 Å². The number of thiocarbonyl (C=S) groups is 1. The quantitative estimate of drug-likeness (QED) is 0.816. The molecule has 1 fully saturated rings. The zero-order valence-corrected chi connectivity index (χ0v) is 10.6. The van der Waals surface area contributed by atoms with E-state index >= 15 is 0 Å². The fourth-order valence-electron chi connectivity index (χ4n) is 1.57. The van der Waals surface area contributed by atoms with Gasteiger partial charge in [0, 0.05) is 23.8 Å². The van der Waals surface area contributed by atoms with E-state index < -0.39 is 0 Å². The smallest absolute Gasteiger partial charge is 0.243 e. The third-order valence-electron chi connectivity index (χ3n) is 2.41. The van der Waals surface area contributed by atoms with Crippen LogP contribution in [0.4, 0.5) is 5.69 Å². The standard InChI is InChI=1S/C11H12ClN3OS/c12-8-1-3-9(4-2-8)14-10(16)7-15-6-5-13-11(15)17/h1-4H,5-7H2,(H,13,17)(H,14,16). The Morgan fingerprint density at radius 1 is 1.47 bits per heavy atom. The largest absolute Gasteiger partial charge is 0.361 e. The summed E-state index contributed by atoms with van der Waals surface area (Å²) in [6.45, 7) is 1.84. The van der Waals surface area contributed by atoms with Crippen LogP contribution in [-0.4, -0.2) is 35.6 Å². The van der Waals surface area contributed by atoms with Crippen molar-refractivity contribution < 1.29 is 4.79 Å². The van der Waals surface area contributed by atoms with E-state index in [1.165, 1.54) is 0 Å². The Morgan fingerprint density at radius 2 is 2.18 bits per heavy atom. The normalized spacial score (nSPS) is 14.6. The van der Waals surface area contributed by atoms with Gasteiger partial charge in [0.05, 0.1) is 6.54 Å². The predicted octanol–water partition coefficient (Wildman–Crippen LogP) is 1.47. The molecule has 1 heterocycles. The van der Waals surface area contributed by atoms with Crippen LogP contribution in [0.3, 0.4) is 0 Å². The van der Waals surface area contributed by atoms with Gasteiger partial charge in [0.1, 0.15) is 0 Å². The molecule has 0 spiro atoms. The highest BCUT2D eigenvalue weighted by molar-refractivity contribution is 7.80. The van der Waals surface area contributed by atoms with E-state index in [-0.39, 0.29) is 12.5 Å². The summed E-state index contributed by atoms with van der Waals surface area (Å²) in [6.07, 6.45) is 0. The minimum absolute atomic E-state index is 0.0848. The van der Waals surface area contributed by atoms with E-state index in [1.54, 1.807) is 24.3 Å². The summed E-state index contributed by atoms with van der Waals surface area (Å²) in [6, 6.07) is 7.00. The van der Waals surface area contributed by atoms with Gasteiger partial charge in [0.2, 0.25) is 5.91 Å². The number of anilines is 1. The Bertz CT molecular complexity index is 435. The molecule has 1 aromatic rings. The number of benzene rings is 1. The average Bonchev–Trinajstić information content (AvgIpc) is 2.68. The third-order valence-corrected chi connectivity index (χ3v) is 3.06. The summed E-state index contributed by atoms with van der Waals surface area (Å²) >= 11 is 10.8. The average molecular weight is 270 g/mol. The van der Waals surface area contributed by atoms with Crippen LogP contribution in [0.5, 0.6) is 0 Å². The van der Waals surface area contributed by atoms with Gasteiger partial charge in [0.15, 0.2) is 5.11 Å². The van der Waals surface area contributed by atoms with E-state index in [2.05, 4.69) is 10.6 Å². The van der Waals surface area contributed by atoms with Crippen molar-refractivity contribution in [1.82, 2.24) is 10.2 Å². The number of hydrogen-bond donors (Lipinski definition) is 2. The summed E-state index contributed by atoms with van der Waals surface area (Å²) in [5, 5.41) is 7.08. The summed E-state index contributed by atoms with van der Waals surface area (Å²) in [4.78, 5) is 13.6. The second kappa shape index (κ2) is 5.33. The molecule has 17 heavy (non-hydrogen) atoms. The van der Waals surface area contributed by atoms with Gasteiger partial charge in [-0.25, -0.2) is 0 Å². The van der Waals surface area contributed by atoms with Gasteiger partial charge >= 0.3 is 0 Å². The van der Waals surface area contributed by atoms with Crippen molar-refractivity contribution in [3.05, 3.63) is 29.3 Å². The lowest BCUT2D eigenvalue weighted by Gasteiger charge is -2.15. The molecule has 2 N–H and O–H groups in total. The first-order chi connectivity index (χ1) is 8.15. The minimum atomic E-state index is -0.0848. The monoisotopic (exact) mass is 269 g/mol. The molecule has 4 nitrogen and oxygen atoms in total. The SMILES string of the molecule is O=C(CN1CCNC1=S)Nc1ccc(Cl)cc1. The number of nitrogens with zero attached hydrogens (tertiary/aromatic N) is 1. The Kier molecular flexibility index (Phi) is 3.81. The van der Waals surface area contributed by atoms with Gasteiger partial charge in [-0.3, -0.25) is 4.79 Å². The van der Waals surface area contributed by atoms with E-state index in [0.717, 1.165) is 18.8 Å². The molecular weight excluding hydrogens is 258 g/mol. The van der Waals surface area contributed by atoms with Crippen molar-refractivity contribution in [3.8, 4) is 0 Å². The fourth-order valence-corrected chi connectivity index (χ4v) is 1.95. The molecule has 0 aliphatic carbocycles. The summed E-state index contributed by atoms with van der Waals surface area (Å²) in [7, 11) is 0. The van der Waals surface area contributed by atoms with Gasteiger partial charge in [-0.05, 0) is 36.5 Å². The minimum Gasteiger partial charge on any atom is -0.361 e. The molecule has 1 aliphatic rings. The number of amides is 1. The number of halogens is 1. The molecule has 0 atom stereocenters. The number of carbonyl (C=O) groups excluding carboxylic acids is 1. The van der Waals surface area contributed by atoms with Crippen molar-refractivity contribution in [2.45, 2.75) is 0 Å². The van der Waals surface area contributed by atoms with Crippen molar-refractivity contribution in [3.63, 3.8) is 0 Å². The Hall–Kier alpha value is -1.33. The van der Waals surface area contributed by atoms with Gasteiger partial charge < -0.3 is 15.5 Å². The molecular formula is C11H12ClN3OS. The molecule has 0 unspecified atom stereocenters. The van der Waals surface area contributed by atoms with Crippen LogP contribution in [-0.2, 0) is 4.79 Å². The molecule has 1 saturated heterocycles. The van der Waals surface area contributed by atoms with Gasteiger partial charge in [-0.15, -0.1) is 0 Å². The van der Waals surface area contributed by atoms with Gasteiger partial charge in [-0.2, -0.15) is 0 Å². The molecule has 90 valence electrons. The Labute approximate surface area is 110 Å². The zero-order chi connectivity index (χ0) is 12.3. The van der Waals surface area contributed by atoms with Crippen molar-refractivity contribution in [1.29, 1.82) is 0 Å². The Morgan fingerprint density at radius 3 is 2.76 bits per heavy atom. The van der Waals surface area contributed by atoms with E-state index in [0.29, 0.717) is 10.1 Å². The van der Waals surface area contributed by atoms with Gasteiger partial charge in [-0.1, -0.05) is 11.6 Å². The van der Waals surface area contributed by atoms with Crippen molar-refractivity contribution in [2.75, 3.05) is 25.0 Å².